The van der Waals surface area contributed by atoms with E-state index in [9.17, 15) is 9.90 Å². The lowest BCUT2D eigenvalue weighted by atomic mass is 9.75. The minimum Gasteiger partial charge on any atom is -0.497 e. The molecule has 0 spiro atoms. The van der Waals surface area contributed by atoms with E-state index >= 15 is 0 Å². The van der Waals surface area contributed by atoms with Gasteiger partial charge in [0, 0.05) is 19.2 Å². The molecule has 21 heavy (non-hydrogen) atoms. The summed E-state index contributed by atoms with van der Waals surface area (Å²) in [5.74, 6) is 1.42. The smallest absolute Gasteiger partial charge is 0.337 e. The maximum Gasteiger partial charge on any atom is 0.337 e. The number of nitrogens with zero attached hydrogens (tertiary/aromatic N) is 1. The predicted octanol–water partition coefficient (Wildman–Crippen LogP) is 3.41. The quantitative estimate of drug-likeness (QED) is 0.926. The second kappa shape index (κ2) is 5.96. The molecule has 0 radical (unpaired) electrons. The van der Waals surface area contributed by atoms with Gasteiger partial charge in [0.05, 0.1) is 18.4 Å². The van der Waals surface area contributed by atoms with Crippen LogP contribution in [0.25, 0.3) is 0 Å². The van der Waals surface area contributed by atoms with Crippen molar-refractivity contribution in [1.82, 2.24) is 0 Å². The van der Waals surface area contributed by atoms with Crippen LogP contribution in [0.2, 0.25) is 0 Å². The molecule has 2 fully saturated rings. The number of fused-ring (bicyclic) bond motifs is 1. The van der Waals surface area contributed by atoms with Crippen molar-refractivity contribution in [1.29, 1.82) is 0 Å². The summed E-state index contributed by atoms with van der Waals surface area (Å²) in [5, 5.41) is 9.42. The minimum absolute atomic E-state index is 0.380. The highest BCUT2D eigenvalue weighted by Gasteiger charge is 2.32. The van der Waals surface area contributed by atoms with Crippen LogP contribution in [0, 0.1) is 11.8 Å². The van der Waals surface area contributed by atoms with Crippen LogP contribution in [-0.4, -0.2) is 31.3 Å². The number of hydrogen-bond acceptors (Lipinski definition) is 3. The van der Waals surface area contributed by atoms with Crippen LogP contribution < -0.4 is 9.64 Å². The molecule has 3 rings (SSSR count). The second-order valence-corrected chi connectivity index (χ2v) is 6.23. The average Bonchev–Trinajstić information content (AvgIpc) is 2.53. The SMILES string of the molecule is COc1ccc(C(=O)O)c(N2CCC3CCCCC3C2)c1. The van der Waals surface area contributed by atoms with Gasteiger partial charge in [-0.15, -0.1) is 0 Å². The van der Waals surface area contributed by atoms with Gasteiger partial charge in [-0.2, -0.15) is 0 Å². The monoisotopic (exact) mass is 289 g/mol. The van der Waals surface area contributed by atoms with Gasteiger partial charge in [-0.05, 0) is 36.8 Å². The third-order valence-electron chi connectivity index (χ3n) is 5.07. The average molecular weight is 289 g/mol. The van der Waals surface area contributed by atoms with Crippen molar-refractivity contribution in [3.05, 3.63) is 23.8 Å². The molecule has 4 heteroatoms. The molecule has 0 bridgehead atoms. The molecule has 0 aromatic heterocycles. The largest absolute Gasteiger partial charge is 0.497 e. The number of benzene rings is 1. The van der Waals surface area contributed by atoms with Gasteiger partial charge >= 0.3 is 5.97 Å². The van der Waals surface area contributed by atoms with Crippen molar-refractivity contribution in [2.24, 2.45) is 11.8 Å². The van der Waals surface area contributed by atoms with Crippen molar-refractivity contribution in [2.75, 3.05) is 25.1 Å². The number of carboxylic acids is 1. The summed E-state index contributed by atoms with van der Waals surface area (Å²) in [4.78, 5) is 13.7. The zero-order valence-electron chi connectivity index (χ0n) is 12.5. The van der Waals surface area contributed by atoms with E-state index in [0.29, 0.717) is 5.56 Å². The van der Waals surface area contributed by atoms with Crippen LogP contribution in [0.5, 0.6) is 5.75 Å². The summed E-state index contributed by atoms with van der Waals surface area (Å²) in [6.07, 6.45) is 6.50. The highest BCUT2D eigenvalue weighted by Crippen LogP contribution is 2.38. The Kier molecular flexibility index (Phi) is 4.04. The van der Waals surface area contributed by atoms with Gasteiger partial charge in [0.2, 0.25) is 0 Å². The first-order valence-corrected chi connectivity index (χ1v) is 7.85. The molecular formula is C17H23NO3. The summed E-state index contributed by atoms with van der Waals surface area (Å²) < 4.78 is 5.27. The van der Waals surface area contributed by atoms with Gasteiger partial charge in [-0.1, -0.05) is 19.3 Å². The highest BCUT2D eigenvalue weighted by molar-refractivity contribution is 5.95. The molecule has 2 unspecified atom stereocenters. The zero-order chi connectivity index (χ0) is 14.8. The first-order valence-electron chi connectivity index (χ1n) is 7.85. The van der Waals surface area contributed by atoms with E-state index in [1.54, 1.807) is 19.2 Å². The van der Waals surface area contributed by atoms with Gasteiger partial charge in [-0.25, -0.2) is 4.79 Å². The maximum atomic E-state index is 11.5. The molecule has 1 heterocycles. The number of carbonyl (C=O) groups is 1. The van der Waals surface area contributed by atoms with Gasteiger partial charge in [0.25, 0.3) is 0 Å². The van der Waals surface area contributed by atoms with E-state index < -0.39 is 5.97 Å². The Morgan fingerprint density at radius 1 is 1.24 bits per heavy atom. The van der Waals surface area contributed by atoms with Gasteiger partial charge in [-0.3, -0.25) is 0 Å². The third-order valence-corrected chi connectivity index (χ3v) is 5.07. The lowest BCUT2D eigenvalue weighted by Gasteiger charge is -2.42. The molecule has 4 nitrogen and oxygen atoms in total. The topological polar surface area (TPSA) is 49.8 Å². The van der Waals surface area contributed by atoms with Crippen molar-refractivity contribution in [3.63, 3.8) is 0 Å². The van der Waals surface area contributed by atoms with Crippen LogP contribution >= 0.6 is 0 Å². The van der Waals surface area contributed by atoms with Crippen LogP contribution in [0.1, 0.15) is 42.5 Å². The summed E-state index contributed by atoms with van der Waals surface area (Å²) in [6.45, 7) is 1.94. The van der Waals surface area contributed by atoms with Crippen molar-refractivity contribution in [2.45, 2.75) is 32.1 Å². The van der Waals surface area contributed by atoms with E-state index in [4.69, 9.17) is 4.74 Å². The number of piperidine rings is 1. The van der Waals surface area contributed by atoms with E-state index in [2.05, 4.69) is 4.90 Å². The number of aromatic carboxylic acids is 1. The Morgan fingerprint density at radius 2 is 2.00 bits per heavy atom. The molecule has 2 atom stereocenters. The molecule has 0 amide bonds. The molecule has 1 aliphatic carbocycles. The van der Waals surface area contributed by atoms with Crippen LogP contribution in [0.4, 0.5) is 5.69 Å². The molecule has 1 saturated heterocycles. The van der Waals surface area contributed by atoms with Gasteiger partial charge in [0.1, 0.15) is 5.75 Å². The molecule has 1 aromatic rings. The Hall–Kier alpha value is -1.71. The number of hydrogen-bond donors (Lipinski definition) is 1. The van der Waals surface area contributed by atoms with Crippen molar-refractivity contribution >= 4 is 11.7 Å². The van der Waals surface area contributed by atoms with E-state index in [1.165, 1.54) is 32.1 Å². The maximum absolute atomic E-state index is 11.5. The molecule has 1 saturated carbocycles. The number of rotatable bonds is 3. The highest BCUT2D eigenvalue weighted by atomic mass is 16.5. The Morgan fingerprint density at radius 3 is 2.71 bits per heavy atom. The van der Waals surface area contributed by atoms with Crippen molar-refractivity contribution in [3.8, 4) is 5.75 Å². The number of ether oxygens (including phenoxy) is 1. The fraction of sp³-hybridized carbons (Fsp3) is 0.588. The van der Waals surface area contributed by atoms with E-state index in [0.717, 1.165) is 36.4 Å². The first-order chi connectivity index (χ1) is 10.2. The van der Waals surface area contributed by atoms with Crippen LogP contribution in [-0.2, 0) is 0 Å². The minimum atomic E-state index is -0.863. The fourth-order valence-electron chi connectivity index (χ4n) is 3.90. The molecular weight excluding hydrogens is 266 g/mol. The molecule has 1 aromatic carbocycles. The summed E-state index contributed by atoms with van der Waals surface area (Å²) in [5.41, 5.74) is 1.19. The normalized spacial score (nSPS) is 25.3. The molecule has 114 valence electrons. The Balaban J connectivity index is 1.86. The lowest BCUT2D eigenvalue weighted by Crippen LogP contribution is -2.42. The first kappa shape index (κ1) is 14.2. The van der Waals surface area contributed by atoms with Crippen molar-refractivity contribution < 1.29 is 14.6 Å². The van der Waals surface area contributed by atoms with Gasteiger partial charge < -0.3 is 14.7 Å². The molecule has 1 aliphatic heterocycles. The zero-order valence-corrected chi connectivity index (χ0v) is 12.5. The number of carboxylic acid groups (broad SMARTS) is 1. The number of anilines is 1. The molecule has 1 N–H and O–H groups in total. The third kappa shape index (κ3) is 2.85. The van der Waals surface area contributed by atoms with Crippen LogP contribution in [0.15, 0.2) is 18.2 Å². The number of methoxy groups -OCH3 is 1. The van der Waals surface area contributed by atoms with Crippen LogP contribution in [0.3, 0.4) is 0 Å². The second-order valence-electron chi connectivity index (χ2n) is 6.23. The summed E-state index contributed by atoms with van der Waals surface area (Å²) in [6, 6.07) is 5.25. The Bertz CT molecular complexity index is 529. The predicted molar refractivity (Wildman–Crippen MR) is 82.2 cm³/mol. The summed E-state index contributed by atoms with van der Waals surface area (Å²) >= 11 is 0. The lowest BCUT2D eigenvalue weighted by molar-refractivity contribution is 0.0697. The molecule has 2 aliphatic rings. The standard InChI is InChI=1S/C17H23NO3/c1-21-14-6-7-15(17(19)20)16(10-14)18-9-8-12-4-2-3-5-13(12)11-18/h6-7,10,12-13H,2-5,8-9,11H2,1H3,(H,19,20). The van der Waals surface area contributed by atoms with E-state index in [-0.39, 0.29) is 0 Å². The fourth-order valence-corrected chi connectivity index (χ4v) is 3.90. The summed E-state index contributed by atoms with van der Waals surface area (Å²) in [7, 11) is 1.62. The Labute approximate surface area is 125 Å². The van der Waals surface area contributed by atoms with Gasteiger partial charge in [0.15, 0.2) is 0 Å². The van der Waals surface area contributed by atoms with E-state index in [1.807, 2.05) is 6.07 Å².